The van der Waals surface area contributed by atoms with Crippen molar-refractivity contribution in [3.8, 4) is 6.07 Å². The van der Waals surface area contributed by atoms with E-state index in [2.05, 4.69) is 11.4 Å². The molecule has 25 heavy (non-hydrogen) atoms. The van der Waals surface area contributed by atoms with E-state index in [0.29, 0.717) is 11.1 Å². The first-order valence-electron chi connectivity index (χ1n) is 7.66. The summed E-state index contributed by atoms with van der Waals surface area (Å²) >= 11 is 1.19. The summed E-state index contributed by atoms with van der Waals surface area (Å²) in [5.41, 5.74) is 2.95. The maximum Gasteiger partial charge on any atom is 0.316 e. The minimum atomic E-state index is -0.416. The average Bonchev–Trinajstić information content (AvgIpc) is 2.60. The molecule has 0 aliphatic rings. The Morgan fingerprint density at radius 3 is 2.72 bits per heavy atom. The number of hydrogen-bond donors (Lipinski definition) is 1. The quantitative estimate of drug-likeness (QED) is 0.772. The molecule has 0 bridgehead atoms. The maximum absolute atomic E-state index is 11.8. The number of thioether (sulfide) groups is 1. The second-order valence-electron chi connectivity index (χ2n) is 5.34. The molecule has 2 aromatic rings. The molecule has 128 valence electrons. The number of ether oxygens (including phenoxy) is 1. The van der Waals surface area contributed by atoms with Crippen LogP contribution in [0.5, 0.6) is 0 Å². The fraction of sp³-hybridized carbons (Fsp3) is 0.211. The molecule has 1 N–H and O–H groups in total. The molecule has 0 unspecified atom stereocenters. The van der Waals surface area contributed by atoms with Gasteiger partial charge in [-0.15, -0.1) is 11.8 Å². The minimum Gasteiger partial charge on any atom is -0.460 e. The second-order valence-corrected chi connectivity index (χ2v) is 6.33. The Morgan fingerprint density at radius 2 is 1.96 bits per heavy atom. The number of hydrogen-bond acceptors (Lipinski definition) is 5. The van der Waals surface area contributed by atoms with E-state index in [1.807, 2.05) is 31.2 Å². The molecule has 0 aliphatic carbocycles. The van der Waals surface area contributed by atoms with Crippen molar-refractivity contribution in [1.29, 1.82) is 5.26 Å². The van der Waals surface area contributed by atoms with Crippen molar-refractivity contribution < 1.29 is 14.3 Å². The highest BCUT2D eigenvalue weighted by molar-refractivity contribution is 8.00. The van der Waals surface area contributed by atoms with Crippen LogP contribution in [0.15, 0.2) is 48.5 Å². The van der Waals surface area contributed by atoms with Crippen molar-refractivity contribution >= 4 is 29.3 Å². The fourth-order valence-electron chi connectivity index (χ4n) is 2.10. The van der Waals surface area contributed by atoms with Gasteiger partial charge >= 0.3 is 5.97 Å². The van der Waals surface area contributed by atoms with Crippen molar-refractivity contribution in [3.05, 3.63) is 65.2 Å². The first-order chi connectivity index (χ1) is 12.1. The number of aryl methyl sites for hydroxylation is 1. The van der Waals surface area contributed by atoms with Gasteiger partial charge in [0.15, 0.2) is 0 Å². The van der Waals surface area contributed by atoms with Gasteiger partial charge in [0.1, 0.15) is 6.61 Å². The first-order valence-corrected chi connectivity index (χ1v) is 8.82. The van der Waals surface area contributed by atoms with Crippen molar-refractivity contribution in [2.45, 2.75) is 13.5 Å². The van der Waals surface area contributed by atoms with E-state index in [-0.39, 0.29) is 24.0 Å². The first kappa shape index (κ1) is 18.6. The molecule has 0 atom stereocenters. The van der Waals surface area contributed by atoms with Crippen LogP contribution in [0.1, 0.15) is 16.7 Å². The van der Waals surface area contributed by atoms with Gasteiger partial charge in [0.25, 0.3) is 0 Å². The SMILES string of the molecule is Cc1cccc(NC(=O)CSCC(=O)OCc2ccccc2C#N)c1. The van der Waals surface area contributed by atoms with Gasteiger partial charge in [0, 0.05) is 11.3 Å². The summed E-state index contributed by atoms with van der Waals surface area (Å²) in [4.78, 5) is 23.6. The van der Waals surface area contributed by atoms with Crippen LogP contribution in [0, 0.1) is 18.3 Å². The van der Waals surface area contributed by atoms with Gasteiger partial charge in [-0.1, -0.05) is 30.3 Å². The molecule has 0 radical (unpaired) electrons. The lowest BCUT2D eigenvalue weighted by molar-refractivity contribution is -0.141. The molecule has 1 amide bonds. The number of carbonyl (C=O) groups excluding carboxylic acids is 2. The second kappa shape index (κ2) is 9.50. The lowest BCUT2D eigenvalue weighted by Gasteiger charge is -2.07. The Kier molecular flexibility index (Phi) is 7.05. The molecule has 0 aromatic heterocycles. The number of anilines is 1. The Balaban J connectivity index is 1.70. The van der Waals surface area contributed by atoms with Crippen LogP contribution in [0.3, 0.4) is 0 Å². The Morgan fingerprint density at radius 1 is 1.16 bits per heavy atom. The molecule has 0 aliphatic heterocycles. The zero-order chi connectivity index (χ0) is 18.1. The zero-order valence-electron chi connectivity index (χ0n) is 13.8. The molecule has 0 saturated heterocycles. The van der Waals surface area contributed by atoms with Crippen LogP contribution in [-0.4, -0.2) is 23.4 Å². The summed E-state index contributed by atoms with van der Waals surface area (Å²) in [5, 5.41) is 11.8. The van der Waals surface area contributed by atoms with Crippen LogP contribution in [0.4, 0.5) is 5.69 Å². The number of amides is 1. The molecular formula is C19H18N2O3S. The largest absolute Gasteiger partial charge is 0.460 e. The summed E-state index contributed by atoms with van der Waals surface area (Å²) in [6.07, 6.45) is 0. The van der Waals surface area contributed by atoms with Crippen LogP contribution >= 0.6 is 11.8 Å². The van der Waals surface area contributed by atoms with Crippen LogP contribution in [0.25, 0.3) is 0 Å². The Labute approximate surface area is 151 Å². The Bertz CT molecular complexity index is 799. The van der Waals surface area contributed by atoms with Gasteiger partial charge in [-0.2, -0.15) is 5.26 Å². The third-order valence-corrected chi connectivity index (χ3v) is 4.19. The lowest BCUT2D eigenvalue weighted by atomic mass is 10.1. The van der Waals surface area contributed by atoms with Crippen molar-refractivity contribution in [2.24, 2.45) is 0 Å². The number of nitriles is 1. The number of rotatable bonds is 7. The number of esters is 1. The van der Waals surface area contributed by atoms with Crippen molar-refractivity contribution in [2.75, 3.05) is 16.8 Å². The topological polar surface area (TPSA) is 79.2 Å². The standard InChI is InChI=1S/C19H18N2O3S/c1-14-5-4-8-17(9-14)21-18(22)12-25-13-19(23)24-11-16-7-3-2-6-15(16)10-20/h2-9H,11-13H2,1H3,(H,21,22). The predicted octanol–water partition coefficient (Wildman–Crippen LogP) is 3.28. The summed E-state index contributed by atoms with van der Waals surface area (Å²) in [6, 6.07) is 16.5. The zero-order valence-corrected chi connectivity index (χ0v) is 14.6. The van der Waals surface area contributed by atoms with Crippen LogP contribution in [-0.2, 0) is 20.9 Å². The normalized spacial score (nSPS) is 9.92. The smallest absolute Gasteiger partial charge is 0.316 e. The fourth-order valence-corrected chi connectivity index (χ4v) is 2.71. The Hall–Kier alpha value is -2.78. The van der Waals surface area contributed by atoms with Gasteiger partial charge in [-0.05, 0) is 30.7 Å². The summed E-state index contributed by atoms with van der Waals surface area (Å²) < 4.78 is 5.14. The molecule has 2 aromatic carbocycles. The van der Waals surface area contributed by atoms with Gasteiger partial charge in [-0.25, -0.2) is 0 Å². The number of nitrogens with zero attached hydrogens (tertiary/aromatic N) is 1. The van der Waals surface area contributed by atoms with E-state index < -0.39 is 5.97 Å². The van der Waals surface area contributed by atoms with E-state index in [9.17, 15) is 9.59 Å². The maximum atomic E-state index is 11.8. The van der Waals surface area contributed by atoms with E-state index in [0.717, 1.165) is 11.3 Å². The van der Waals surface area contributed by atoms with E-state index in [4.69, 9.17) is 10.00 Å². The van der Waals surface area contributed by atoms with E-state index in [1.165, 1.54) is 11.8 Å². The molecule has 2 rings (SSSR count). The molecule has 0 fully saturated rings. The highest BCUT2D eigenvalue weighted by atomic mass is 32.2. The molecule has 0 saturated carbocycles. The number of benzene rings is 2. The molecular weight excluding hydrogens is 336 g/mol. The lowest BCUT2D eigenvalue weighted by Crippen LogP contribution is -2.16. The summed E-state index contributed by atoms with van der Waals surface area (Å²) in [6.45, 7) is 2.00. The molecule has 0 heterocycles. The summed E-state index contributed by atoms with van der Waals surface area (Å²) in [7, 11) is 0. The van der Waals surface area contributed by atoms with E-state index in [1.54, 1.807) is 24.3 Å². The summed E-state index contributed by atoms with van der Waals surface area (Å²) in [5.74, 6) is -0.340. The highest BCUT2D eigenvalue weighted by Gasteiger charge is 2.09. The van der Waals surface area contributed by atoms with Gasteiger partial charge < -0.3 is 10.1 Å². The third-order valence-electron chi connectivity index (χ3n) is 3.28. The van der Waals surface area contributed by atoms with Gasteiger partial charge in [0.2, 0.25) is 5.91 Å². The molecule has 5 nitrogen and oxygen atoms in total. The molecule has 6 heteroatoms. The van der Waals surface area contributed by atoms with Crippen molar-refractivity contribution in [3.63, 3.8) is 0 Å². The van der Waals surface area contributed by atoms with Crippen LogP contribution in [0.2, 0.25) is 0 Å². The average molecular weight is 354 g/mol. The monoisotopic (exact) mass is 354 g/mol. The minimum absolute atomic E-state index is 0.0542. The highest BCUT2D eigenvalue weighted by Crippen LogP contribution is 2.12. The number of carbonyl (C=O) groups is 2. The van der Waals surface area contributed by atoms with Crippen LogP contribution < -0.4 is 5.32 Å². The third kappa shape index (κ3) is 6.32. The number of nitrogens with one attached hydrogen (secondary N) is 1. The van der Waals surface area contributed by atoms with Gasteiger partial charge in [-0.3, -0.25) is 9.59 Å². The van der Waals surface area contributed by atoms with Gasteiger partial charge in [0.05, 0.1) is 23.1 Å². The predicted molar refractivity (Wildman–Crippen MR) is 98.1 cm³/mol. The van der Waals surface area contributed by atoms with E-state index >= 15 is 0 Å². The molecule has 0 spiro atoms. The van der Waals surface area contributed by atoms with Crippen molar-refractivity contribution in [1.82, 2.24) is 0 Å².